The van der Waals surface area contributed by atoms with Crippen LogP contribution in [0.5, 0.6) is 0 Å². The van der Waals surface area contributed by atoms with Crippen molar-refractivity contribution in [2.75, 3.05) is 20.1 Å². The Bertz CT molecular complexity index is 606. The van der Waals surface area contributed by atoms with Crippen LogP contribution < -0.4 is 5.32 Å². The van der Waals surface area contributed by atoms with Crippen LogP contribution in [0.25, 0.3) is 10.9 Å². The lowest BCUT2D eigenvalue weighted by atomic mass is 10.1. The van der Waals surface area contributed by atoms with E-state index in [0.717, 1.165) is 37.5 Å². The molecule has 0 amide bonds. The number of nitrogens with zero attached hydrogens (tertiary/aromatic N) is 3. The van der Waals surface area contributed by atoms with Crippen LogP contribution in [-0.2, 0) is 6.54 Å². The average Bonchev–Trinajstić information content (AvgIpc) is 2.46. The third-order valence-corrected chi connectivity index (χ3v) is 3.39. The number of hydrogen-bond donors (Lipinski definition) is 1. The van der Waals surface area contributed by atoms with Gasteiger partial charge in [-0.25, -0.2) is 0 Å². The smallest absolute Gasteiger partial charge is 0.193 e. The minimum absolute atomic E-state index is 0.800. The summed E-state index contributed by atoms with van der Waals surface area (Å²) in [6.45, 7) is 2.80. The molecule has 0 aliphatic carbocycles. The highest BCUT2D eigenvalue weighted by atomic mass is 15.3. The Morgan fingerprint density at radius 1 is 1.32 bits per heavy atom. The third kappa shape index (κ3) is 2.67. The molecular formula is C15H18N4. The van der Waals surface area contributed by atoms with E-state index < -0.39 is 0 Å². The second kappa shape index (κ2) is 5.26. The summed E-state index contributed by atoms with van der Waals surface area (Å²) in [5.74, 6) is 0.998. The van der Waals surface area contributed by atoms with Crippen LogP contribution in [0.4, 0.5) is 0 Å². The van der Waals surface area contributed by atoms with E-state index in [1.807, 2.05) is 12.3 Å². The Labute approximate surface area is 113 Å². The lowest BCUT2D eigenvalue weighted by Gasteiger charge is -2.25. The number of aromatic nitrogens is 1. The lowest BCUT2D eigenvalue weighted by molar-refractivity contribution is 0.446. The SMILES string of the molecule is CN1CCCN=C1NCc1ccc2ncccc2c1. The summed E-state index contributed by atoms with van der Waals surface area (Å²) in [6.07, 6.45) is 2.97. The normalized spacial score (nSPS) is 15.4. The Hall–Kier alpha value is -2.10. The van der Waals surface area contributed by atoms with Gasteiger partial charge in [-0.2, -0.15) is 0 Å². The lowest BCUT2D eigenvalue weighted by Crippen LogP contribution is -2.41. The van der Waals surface area contributed by atoms with E-state index in [2.05, 4.69) is 51.5 Å². The highest BCUT2D eigenvalue weighted by Crippen LogP contribution is 2.13. The molecule has 1 aliphatic rings. The Morgan fingerprint density at radius 2 is 2.26 bits per heavy atom. The number of fused-ring (bicyclic) bond motifs is 1. The summed E-state index contributed by atoms with van der Waals surface area (Å²) in [5, 5.41) is 4.59. The van der Waals surface area contributed by atoms with Crippen LogP contribution in [0, 0.1) is 0 Å². The zero-order chi connectivity index (χ0) is 13.1. The van der Waals surface area contributed by atoms with E-state index in [9.17, 15) is 0 Å². The highest BCUT2D eigenvalue weighted by molar-refractivity contribution is 5.81. The average molecular weight is 254 g/mol. The first kappa shape index (κ1) is 12.0. The van der Waals surface area contributed by atoms with Gasteiger partial charge in [0, 0.05) is 38.3 Å². The van der Waals surface area contributed by atoms with Gasteiger partial charge in [-0.1, -0.05) is 12.1 Å². The summed E-state index contributed by atoms with van der Waals surface area (Å²) in [5.41, 5.74) is 2.29. The number of aliphatic imine (C=N–C) groups is 1. The molecule has 0 spiro atoms. The maximum atomic E-state index is 4.51. The summed E-state index contributed by atoms with van der Waals surface area (Å²) in [4.78, 5) is 11.0. The van der Waals surface area contributed by atoms with E-state index in [1.54, 1.807) is 0 Å². The van der Waals surface area contributed by atoms with Crippen molar-refractivity contribution in [1.82, 2.24) is 15.2 Å². The Balaban J connectivity index is 1.73. The second-order valence-corrected chi connectivity index (χ2v) is 4.86. The highest BCUT2D eigenvalue weighted by Gasteiger charge is 2.09. The van der Waals surface area contributed by atoms with E-state index in [1.165, 1.54) is 10.9 Å². The zero-order valence-corrected chi connectivity index (χ0v) is 11.1. The van der Waals surface area contributed by atoms with Crippen molar-refractivity contribution in [3.05, 3.63) is 42.1 Å². The van der Waals surface area contributed by atoms with Crippen LogP contribution in [-0.4, -0.2) is 36.0 Å². The fourth-order valence-corrected chi connectivity index (χ4v) is 2.33. The maximum Gasteiger partial charge on any atom is 0.193 e. The van der Waals surface area contributed by atoms with E-state index >= 15 is 0 Å². The number of benzene rings is 1. The second-order valence-electron chi connectivity index (χ2n) is 4.86. The van der Waals surface area contributed by atoms with Gasteiger partial charge in [0.2, 0.25) is 0 Å². The number of hydrogen-bond acceptors (Lipinski definition) is 4. The van der Waals surface area contributed by atoms with Gasteiger partial charge in [0.1, 0.15) is 0 Å². The maximum absolute atomic E-state index is 4.51. The predicted octanol–water partition coefficient (Wildman–Crippen LogP) is 2.02. The van der Waals surface area contributed by atoms with E-state index in [0.29, 0.717) is 0 Å². The molecule has 0 bridgehead atoms. The molecule has 1 aromatic heterocycles. The third-order valence-electron chi connectivity index (χ3n) is 3.39. The molecule has 2 heterocycles. The molecule has 1 N–H and O–H groups in total. The number of guanidine groups is 1. The van der Waals surface area contributed by atoms with Crippen molar-refractivity contribution >= 4 is 16.9 Å². The number of rotatable bonds is 2. The molecule has 4 nitrogen and oxygen atoms in total. The molecule has 4 heteroatoms. The largest absolute Gasteiger partial charge is 0.352 e. The van der Waals surface area contributed by atoms with Crippen molar-refractivity contribution in [1.29, 1.82) is 0 Å². The Morgan fingerprint density at radius 3 is 3.16 bits per heavy atom. The van der Waals surface area contributed by atoms with Crippen LogP contribution >= 0.6 is 0 Å². The van der Waals surface area contributed by atoms with Crippen LogP contribution in [0.3, 0.4) is 0 Å². The molecule has 0 atom stereocenters. The van der Waals surface area contributed by atoms with Gasteiger partial charge >= 0.3 is 0 Å². The van der Waals surface area contributed by atoms with Crippen molar-refractivity contribution in [3.8, 4) is 0 Å². The van der Waals surface area contributed by atoms with Crippen molar-refractivity contribution in [2.45, 2.75) is 13.0 Å². The van der Waals surface area contributed by atoms with Gasteiger partial charge in [0.15, 0.2) is 5.96 Å². The quantitative estimate of drug-likeness (QED) is 0.891. The van der Waals surface area contributed by atoms with Crippen LogP contribution in [0.2, 0.25) is 0 Å². The van der Waals surface area contributed by atoms with E-state index in [4.69, 9.17) is 0 Å². The summed E-state index contributed by atoms with van der Waals surface area (Å²) in [7, 11) is 2.08. The van der Waals surface area contributed by atoms with Crippen molar-refractivity contribution in [2.24, 2.45) is 4.99 Å². The molecule has 19 heavy (non-hydrogen) atoms. The predicted molar refractivity (Wildman–Crippen MR) is 78.1 cm³/mol. The minimum Gasteiger partial charge on any atom is -0.352 e. The number of nitrogens with one attached hydrogen (secondary N) is 1. The molecule has 0 saturated carbocycles. The van der Waals surface area contributed by atoms with Gasteiger partial charge < -0.3 is 10.2 Å². The topological polar surface area (TPSA) is 40.5 Å². The first-order valence-electron chi connectivity index (χ1n) is 6.66. The fourth-order valence-electron chi connectivity index (χ4n) is 2.33. The molecule has 2 aromatic rings. The molecule has 3 rings (SSSR count). The monoisotopic (exact) mass is 254 g/mol. The van der Waals surface area contributed by atoms with Gasteiger partial charge in [0.25, 0.3) is 0 Å². The fraction of sp³-hybridized carbons (Fsp3) is 0.333. The summed E-state index contributed by atoms with van der Waals surface area (Å²) < 4.78 is 0. The standard InChI is InChI=1S/C15H18N4/c1-19-9-3-8-17-15(19)18-11-12-5-6-14-13(10-12)4-2-7-16-14/h2,4-7,10H,3,8-9,11H2,1H3,(H,17,18). The van der Waals surface area contributed by atoms with Crippen molar-refractivity contribution in [3.63, 3.8) is 0 Å². The van der Waals surface area contributed by atoms with E-state index in [-0.39, 0.29) is 0 Å². The van der Waals surface area contributed by atoms with Crippen molar-refractivity contribution < 1.29 is 0 Å². The van der Waals surface area contributed by atoms with Crippen LogP contribution in [0.15, 0.2) is 41.5 Å². The van der Waals surface area contributed by atoms with Gasteiger partial charge in [-0.3, -0.25) is 9.98 Å². The molecular weight excluding hydrogens is 236 g/mol. The zero-order valence-electron chi connectivity index (χ0n) is 11.1. The Kier molecular flexibility index (Phi) is 3.31. The molecule has 98 valence electrons. The summed E-state index contributed by atoms with van der Waals surface area (Å²) >= 11 is 0. The molecule has 0 unspecified atom stereocenters. The summed E-state index contributed by atoms with van der Waals surface area (Å²) in [6, 6.07) is 10.4. The first-order valence-corrected chi connectivity index (χ1v) is 6.66. The minimum atomic E-state index is 0.800. The van der Waals surface area contributed by atoms with Crippen LogP contribution in [0.1, 0.15) is 12.0 Å². The number of pyridine rings is 1. The first-order chi connectivity index (χ1) is 9.33. The molecule has 0 fully saturated rings. The molecule has 0 saturated heterocycles. The van der Waals surface area contributed by atoms with Gasteiger partial charge in [-0.05, 0) is 30.2 Å². The molecule has 1 aromatic carbocycles. The van der Waals surface area contributed by atoms with Gasteiger partial charge in [0.05, 0.1) is 5.52 Å². The molecule has 1 aliphatic heterocycles. The van der Waals surface area contributed by atoms with Gasteiger partial charge in [-0.15, -0.1) is 0 Å². The molecule has 0 radical (unpaired) electrons.